The second-order valence-electron chi connectivity index (χ2n) is 15.1. The lowest BCUT2D eigenvalue weighted by Gasteiger charge is -2.58. The largest absolute Gasteiger partial charge is 0.481 e. The third kappa shape index (κ3) is 4.64. The first kappa shape index (κ1) is 30.1. The zero-order valence-electron chi connectivity index (χ0n) is 25.4. The van der Waals surface area contributed by atoms with Crippen LogP contribution in [0.15, 0.2) is 11.6 Å². The molecule has 2 saturated heterocycles. The molecule has 0 aromatic carbocycles. The van der Waals surface area contributed by atoms with Crippen molar-refractivity contribution in [1.29, 1.82) is 0 Å². The lowest BCUT2D eigenvalue weighted by molar-refractivity contribution is -0.272. The molecule has 9 heteroatoms. The number of carboxylic acids is 2. The van der Waals surface area contributed by atoms with E-state index in [-0.39, 0.29) is 23.0 Å². The summed E-state index contributed by atoms with van der Waals surface area (Å²) in [7, 11) is 0. The molecule has 13 atom stereocenters. The second kappa shape index (κ2) is 10.6. The van der Waals surface area contributed by atoms with Crippen molar-refractivity contribution in [2.45, 2.75) is 116 Å². The van der Waals surface area contributed by atoms with E-state index in [1.165, 1.54) is 24.8 Å². The number of allylic oxidation sites excluding steroid dienone is 1. The van der Waals surface area contributed by atoms with Gasteiger partial charge in [-0.25, -0.2) is 4.79 Å². The molecule has 0 aromatic rings. The average molecular weight is 589 g/mol. The molecule has 6 aliphatic rings. The molecular weight excluding hydrogens is 540 g/mol. The Morgan fingerprint density at radius 1 is 1.05 bits per heavy atom. The van der Waals surface area contributed by atoms with Crippen LogP contribution in [0.1, 0.15) is 91.9 Å². The number of esters is 1. The molecule has 1 spiro atoms. The highest BCUT2D eigenvalue weighted by Gasteiger charge is 2.68. The number of carbonyl (C=O) groups excluding carboxylic acids is 1. The van der Waals surface area contributed by atoms with Crippen LogP contribution in [0.5, 0.6) is 0 Å². The number of ether oxygens (including phenoxy) is 3. The first-order valence-electron chi connectivity index (χ1n) is 16.1. The monoisotopic (exact) mass is 588 g/mol. The van der Waals surface area contributed by atoms with Crippen molar-refractivity contribution in [2.75, 3.05) is 6.61 Å². The zero-order chi connectivity index (χ0) is 30.2. The summed E-state index contributed by atoms with van der Waals surface area (Å²) in [5, 5.41) is 28.0. The fourth-order valence-electron chi connectivity index (χ4n) is 10.7. The maximum atomic E-state index is 12.6. The maximum absolute atomic E-state index is 12.6. The van der Waals surface area contributed by atoms with Crippen LogP contribution in [0.2, 0.25) is 0 Å². The van der Waals surface area contributed by atoms with E-state index in [9.17, 15) is 24.6 Å². The second-order valence-corrected chi connectivity index (χ2v) is 15.1. The van der Waals surface area contributed by atoms with E-state index in [2.05, 4.69) is 33.8 Å². The SMILES string of the molecule is C[C@@H]1CC[C@]2(OC1)OC1CC3C4CC=C5CC(OC(=O)CC(C(=O)O)C(O)C(=O)O)CCC5(C)C4CCC3(C)C1[C@@H]2C. The van der Waals surface area contributed by atoms with Crippen molar-refractivity contribution in [3.8, 4) is 0 Å². The molecule has 2 heterocycles. The van der Waals surface area contributed by atoms with E-state index >= 15 is 0 Å². The minimum atomic E-state index is -2.16. The van der Waals surface area contributed by atoms with E-state index in [1.54, 1.807) is 0 Å². The number of aliphatic hydroxyl groups is 1. The number of hydrogen-bond acceptors (Lipinski definition) is 7. The van der Waals surface area contributed by atoms with Gasteiger partial charge in [0.25, 0.3) is 0 Å². The third-order valence-corrected chi connectivity index (χ3v) is 13.0. The Morgan fingerprint density at radius 2 is 1.81 bits per heavy atom. The molecule has 5 fully saturated rings. The first-order valence-corrected chi connectivity index (χ1v) is 16.1. The summed E-state index contributed by atoms with van der Waals surface area (Å²) < 4.78 is 19.0. The summed E-state index contributed by atoms with van der Waals surface area (Å²) >= 11 is 0. The molecule has 0 bridgehead atoms. The summed E-state index contributed by atoms with van der Waals surface area (Å²) in [6, 6.07) is 0. The Balaban J connectivity index is 1.13. The van der Waals surface area contributed by atoms with Crippen LogP contribution < -0.4 is 0 Å². The maximum Gasteiger partial charge on any atom is 0.333 e. The van der Waals surface area contributed by atoms with E-state index in [0.717, 1.165) is 32.3 Å². The highest BCUT2D eigenvalue weighted by atomic mass is 16.7. The number of fused-ring (bicyclic) bond motifs is 7. The fourth-order valence-corrected chi connectivity index (χ4v) is 10.7. The fraction of sp³-hybridized carbons (Fsp3) is 0.848. The number of carboxylic acid groups (broad SMARTS) is 2. The number of rotatable bonds is 6. The predicted octanol–water partition coefficient (Wildman–Crippen LogP) is 4.80. The Labute approximate surface area is 248 Å². The molecule has 10 unspecified atom stereocenters. The van der Waals surface area contributed by atoms with Gasteiger partial charge in [-0.2, -0.15) is 0 Å². The molecule has 0 amide bonds. The summed E-state index contributed by atoms with van der Waals surface area (Å²) in [6.45, 7) is 10.4. The van der Waals surface area contributed by atoms with Gasteiger partial charge in [0, 0.05) is 18.8 Å². The summed E-state index contributed by atoms with van der Waals surface area (Å²) in [5.74, 6) is -2.80. The van der Waals surface area contributed by atoms with Crippen molar-refractivity contribution < 1.29 is 43.9 Å². The first-order chi connectivity index (χ1) is 19.8. The van der Waals surface area contributed by atoms with Crippen LogP contribution in [0.25, 0.3) is 0 Å². The van der Waals surface area contributed by atoms with Gasteiger partial charge in [0.1, 0.15) is 12.0 Å². The molecule has 42 heavy (non-hydrogen) atoms. The molecule has 2 aliphatic heterocycles. The van der Waals surface area contributed by atoms with Crippen LogP contribution in [-0.2, 0) is 28.6 Å². The standard InChI is InChI=1S/C33H48O9/c1-17-7-12-33(40-16-17)18(2)27-25(42-33)15-24-21-6-5-19-13-20(8-10-31(19,3)23(21)9-11-32(24,27)4)41-26(34)14-22(29(36)37)28(35)30(38)39/h5,17-18,20-25,27-28,35H,6-16H2,1-4H3,(H,36,37)(H,38,39)/t17-,18+,20?,21?,22?,23?,24?,25?,27?,28?,31?,32?,33+/m1/s1. The molecule has 3 saturated carbocycles. The van der Waals surface area contributed by atoms with Gasteiger partial charge in [-0.1, -0.05) is 39.3 Å². The van der Waals surface area contributed by atoms with Gasteiger partial charge in [0.15, 0.2) is 11.9 Å². The molecule has 0 radical (unpaired) electrons. The van der Waals surface area contributed by atoms with Crippen LogP contribution in [0, 0.1) is 52.3 Å². The van der Waals surface area contributed by atoms with E-state index in [1.807, 2.05) is 0 Å². The summed E-state index contributed by atoms with van der Waals surface area (Å²) in [6.07, 6.45) is 8.36. The third-order valence-electron chi connectivity index (χ3n) is 13.0. The molecule has 4 aliphatic carbocycles. The highest BCUT2D eigenvalue weighted by Crippen LogP contribution is 2.70. The van der Waals surface area contributed by atoms with Crippen molar-refractivity contribution in [2.24, 2.45) is 52.3 Å². The molecular formula is C33H48O9. The number of carbonyl (C=O) groups is 3. The molecule has 9 nitrogen and oxygen atoms in total. The van der Waals surface area contributed by atoms with E-state index < -0.39 is 42.1 Å². The van der Waals surface area contributed by atoms with Crippen LogP contribution in [0.4, 0.5) is 0 Å². The minimum absolute atomic E-state index is 0.0459. The quantitative estimate of drug-likeness (QED) is 0.295. The van der Waals surface area contributed by atoms with Gasteiger partial charge in [-0.15, -0.1) is 0 Å². The van der Waals surface area contributed by atoms with Crippen LogP contribution in [-0.4, -0.2) is 63.9 Å². The highest BCUT2D eigenvalue weighted by molar-refractivity contribution is 5.85. The Morgan fingerprint density at radius 3 is 2.48 bits per heavy atom. The number of aliphatic carboxylic acids is 2. The summed E-state index contributed by atoms with van der Waals surface area (Å²) in [4.78, 5) is 35.1. The van der Waals surface area contributed by atoms with Gasteiger partial charge >= 0.3 is 17.9 Å². The lowest BCUT2D eigenvalue weighted by Crippen LogP contribution is -2.52. The Bertz CT molecular complexity index is 1140. The smallest absolute Gasteiger partial charge is 0.333 e. The number of aliphatic hydroxyl groups excluding tert-OH is 1. The van der Waals surface area contributed by atoms with Gasteiger partial charge in [0.05, 0.1) is 19.1 Å². The van der Waals surface area contributed by atoms with Gasteiger partial charge < -0.3 is 29.5 Å². The van der Waals surface area contributed by atoms with Gasteiger partial charge in [-0.3, -0.25) is 9.59 Å². The van der Waals surface area contributed by atoms with E-state index in [4.69, 9.17) is 19.3 Å². The van der Waals surface area contributed by atoms with Crippen LogP contribution in [0.3, 0.4) is 0 Å². The molecule has 234 valence electrons. The van der Waals surface area contributed by atoms with Gasteiger partial charge in [-0.05, 0) is 85.4 Å². The Hall–Kier alpha value is -1.97. The van der Waals surface area contributed by atoms with Crippen molar-refractivity contribution in [3.05, 3.63) is 11.6 Å². The van der Waals surface area contributed by atoms with E-state index in [0.29, 0.717) is 48.3 Å². The topological polar surface area (TPSA) is 140 Å². The molecule has 6 rings (SSSR count). The molecule has 3 N–H and O–H groups in total. The van der Waals surface area contributed by atoms with Crippen LogP contribution >= 0.6 is 0 Å². The number of hydrogen-bond donors (Lipinski definition) is 3. The predicted molar refractivity (Wildman–Crippen MR) is 151 cm³/mol. The van der Waals surface area contributed by atoms with Crippen molar-refractivity contribution in [1.82, 2.24) is 0 Å². The molecule has 0 aromatic heterocycles. The van der Waals surface area contributed by atoms with Crippen molar-refractivity contribution in [3.63, 3.8) is 0 Å². The Kier molecular flexibility index (Phi) is 7.58. The average Bonchev–Trinajstić information content (AvgIpc) is 3.38. The normalized spacial score (nSPS) is 47.3. The zero-order valence-corrected chi connectivity index (χ0v) is 25.4. The lowest BCUT2D eigenvalue weighted by atomic mass is 9.47. The van der Waals surface area contributed by atoms with Gasteiger partial charge in [0.2, 0.25) is 0 Å². The summed E-state index contributed by atoms with van der Waals surface area (Å²) in [5.41, 5.74) is 1.63. The van der Waals surface area contributed by atoms with Crippen molar-refractivity contribution >= 4 is 17.9 Å². The minimum Gasteiger partial charge on any atom is -0.481 e.